The number of thioether (sulfide) groups is 1. The minimum Gasteiger partial charge on any atom is -0.378 e. The van der Waals surface area contributed by atoms with E-state index < -0.39 is 0 Å². The van der Waals surface area contributed by atoms with Crippen molar-refractivity contribution in [1.29, 1.82) is 0 Å². The lowest BCUT2D eigenvalue weighted by Gasteiger charge is -2.28. The van der Waals surface area contributed by atoms with E-state index in [1.54, 1.807) is 23.9 Å². The van der Waals surface area contributed by atoms with Gasteiger partial charge in [-0.15, -0.1) is 0 Å². The first-order valence-corrected chi connectivity index (χ1v) is 14.2. The van der Waals surface area contributed by atoms with Crippen molar-refractivity contribution >= 4 is 56.5 Å². The van der Waals surface area contributed by atoms with Crippen LogP contribution in [0.5, 0.6) is 0 Å². The fourth-order valence-corrected chi connectivity index (χ4v) is 5.10. The number of ketones is 1. The number of benzene rings is 2. The van der Waals surface area contributed by atoms with Gasteiger partial charge in [0.1, 0.15) is 5.82 Å². The topological polar surface area (TPSA) is 73.1 Å². The van der Waals surface area contributed by atoms with E-state index in [-0.39, 0.29) is 5.78 Å². The molecule has 7 nitrogen and oxygen atoms in total. The van der Waals surface area contributed by atoms with Crippen LogP contribution < -0.4 is 4.90 Å². The van der Waals surface area contributed by atoms with E-state index in [2.05, 4.69) is 44.5 Å². The SMILES string of the molecule is CCCSc1nc(N2CCOCC2)c2nc(/C=C/C(=O)c3ccc(Br)cc3)n(Cc3ccccc3)c2n1. The van der Waals surface area contributed by atoms with Crippen molar-refractivity contribution in [3.05, 3.63) is 82.1 Å². The molecule has 1 aliphatic rings. The Kier molecular flexibility index (Phi) is 8.33. The fraction of sp³-hybridized carbons (Fsp3) is 0.286. The molecule has 1 saturated heterocycles. The standard InChI is InChI=1S/C28H28BrN5O2S/c1-2-18-37-28-31-26(33-14-16-36-17-15-33)25-27(32-28)34(19-20-6-4-3-5-7-20)24(30-25)13-12-23(35)21-8-10-22(29)11-9-21/h3-13H,2,14-19H2,1H3/b13-12+. The first kappa shape index (κ1) is 25.6. The van der Waals surface area contributed by atoms with Gasteiger partial charge in [0.25, 0.3) is 0 Å². The van der Waals surface area contributed by atoms with Gasteiger partial charge in [-0.05, 0) is 48.4 Å². The zero-order chi connectivity index (χ0) is 25.6. The third-order valence-corrected chi connectivity index (χ3v) is 7.61. The Hall–Kier alpha value is -3.01. The second-order valence-electron chi connectivity index (χ2n) is 8.70. The highest BCUT2D eigenvalue weighted by Crippen LogP contribution is 2.29. The van der Waals surface area contributed by atoms with Gasteiger partial charge in [-0.3, -0.25) is 4.79 Å². The van der Waals surface area contributed by atoms with Gasteiger partial charge in [0.05, 0.1) is 19.8 Å². The van der Waals surface area contributed by atoms with Gasteiger partial charge in [-0.25, -0.2) is 15.0 Å². The summed E-state index contributed by atoms with van der Waals surface area (Å²) in [5, 5.41) is 0.742. The van der Waals surface area contributed by atoms with Crippen LogP contribution in [0.25, 0.3) is 17.2 Å². The van der Waals surface area contributed by atoms with Crippen LogP contribution in [0, 0.1) is 0 Å². The lowest BCUT2D eigenvalue weighted by Crippen LogP contribution is -2.37. The number of carbonyl (C=O) groups excluding carboxylic acids is 1. The number of imidazole rings is 1. The van der Waals surface area contributed by atoms with Gasteiger partial charge in [0.2, 0.25) is 0 Å². The Morgan fingerprint density at radius 2 is 1.81 bits per heavy atom. The summed E-state index contributed by atoms with van der Waals surface area (Å²) in [6.45, 7) is 5.55. The number of ether oxygens (including phenoxy) is 1. The van der Waals surface area contributed by atoms with E-state index >= 15 is 0 Å². The van der Waals surface area contributed by atoms with E-state index in [1.807, 2.05) is 42.5 Å². The molecule has 0 saturated carbocycles. The second kappa shape index (κ2) is 12.0. The van der Waals surface area contributed by atoms with Crippen LogP contribution in [0.4, 0.5) is 5.82 Å². The van der Waals surface area contributed by atoms with Gasteiger partial charge >= 0.3 is 0 Å². The van der Waals surface area contributed by atoms with E-state index in [4.69, 9.17) is 19.7 Å². The molecule has 0 spiro atoms. The van der Waals surface area contributed by atoms with Crippen molar-refractivity contribution in [3.63, 3.8) is 0 Å². The van der Waals surface area contributed by atoms with Crippen molar-refractivity contribution in [2.75, 3.05) is 37.0 Å². The maximum Gasteiger partial charge on any atom is 0.191 e. The summed E-state index contributed by atoms with van der Waals surface area (Å²) in [6, 6.07) is 17.6. The highest BCUT2D eigenvalue weighted by atomic mass is 79.9. The van der Waals surface area contributed by atoms with Crippen molar-refractivity contribution in [2.24, 2.45) is 0 Å². The molecule has 190 valence electrons. The first-order valence-electron chi connectivity index (χ1n) is 12.4. The van der Waals surface area contributed by atoms with Crippen LogP contribution in [0.1, 0.15) is 35.1 Å². The van der Waals surface area contributed by atoms with E-state index in [0.29, 0.717) is 31.1 Å². The molecule has 3 heterocycles. The number of hydrogen-bond acceptors (Lipinski definition) is 7. The predicted octanol–water partition coefficient (Wildman–Crippen LogP) is 5.87. The average Bonchev–Trinajstić information content (AvgIpc) is 3.28. The predicted molar refractivity (Wildman–Crippen MR) is 152 cm³/mol. The number of fused-ring (bicyclic) bond motifs is 1. The summed E-state index contributed by atoms with van der Waals surface area (Å²) in [6.07, 6.45) is 4.41. The number of morpholine rings is 1. The average molecular weight is 579 g/mol. The number of aromatic nitrogens is 4. The summed E-state index contributed by atoms with van der Waals surface area (Å²) in [5.74, 6) is 2.36. The molecule has 0 N–H and O–H groups in total. The largest absolute Gasteiger partial charge is 0.378 e. The molecule has 0 aliphatic carbocycles. The van der Waals surface area contributed by atoms with Crippen LogP contribution in [0.3, 0.4) is 0 Å². The smallest absolute Gasteiger partial charge is 0.191 e. The van der Waals surface area contributed by atoms with Gasteiger partial charge < -0.3 is 14.2 Å². The monoisotopic (exact) mass is 577 g/mol. The third kappa shape index (κ3) is 6.11. The number of rotatable bonds is 9. The Bertz CT molecular complexity index is 1400. The molecule has 9 heteroatoms. The maximum absolute atomic E-state index is 12.9. The number of halogens is 1. The molecule has 2 aromatic carbocycles. The third-order valence-electron chi connectivity index (χ3n) is 6.03. The van der Waals surface area contributed by atoms with E-state index in [1.165, 1.54) is 0 Å². The Morgan fingerprint density at radius 3 is 2.54 bits per heavy atom. The molecule has 1 fully saturated rings. The minimum atomic E-state index is -0.0792. The first-order chi connectivity index (χ1) is 18.1. The molecule has 37 heavy (non-hydrogen) atoms. The zero-order valence-corrected chi connectivity index (χ0v) is 23.0. The number of hydrogen-bond donors (Lipinski definition) is 0. The van der Waals surface area contributed by atoms with Crippen LogP contribution >= 0.6 is 27.7 Å². The molecule has 4 aromatic rings. The highest BCUT2D eigenvalue weighted by molar-refractivity contribution is 9.10. The van der Waals surface area contributed by atoms with E-state index in [0.717, 1.165) is 57.4 Å². The summed E-state index contributed by atoms with van der Waals surface area (Å²) >= 11 is 5.08. The molecule has 2 aromatic heterocycles. The Balaban J connectivity index is 1.61. The number of allylic oxidation sites excluding steroid dienone is 1. The number of carbonyl (C=O) groups is 1. The van der Waals surface area contributed by atoms with Crippen LogP contribution in [-0.2, 0) is 11.3 Å². The summed E-state index contributed by atoms with van der Waals surface area (Å²) < 4.78 is 8.60. The normalized spacial score (nSPS) is 14.1. The van der Waals surface area contributed by atoms with Crippen LogP contribution in [0.15, 0.2) is 70.3 Å². The van der Waals surface area contributed by atoms with Crippen LogP contribution in [0.2, 0.25) is 0 Å². The quantitative estimate of drug-likeness (QED) is 0.106. The second-order valence-corrected chi connectivity index (χ2v) is 10.7. The fourth-order valence-electron chi connectivity index (χ4n) is 4.15. The number of nitrogens with zero attached hydrogens (tertiary/aromatic N) is 5. The molecular formula is C28H28BrN5O2S. The van der Waals surface area contributed by atoms with Crippen molar-refractivity contribution in [1.82, 2.24) is 19.5 Å². The lowest BCUT2D eigenvalue weighted by molar-refractivity contribution is 0.104. The molecule has 0 amide bonds. The lowest BCUT2D eigenvalue weighted by atomic mass is 10.1. The number of anilines is 1. The van der Waals surface area contributed by atoms with Crippen molar-refractivity contribution in [2.45, 2.75) is 25.0 Å². The van der Waals surface area contributed by atoms with Gasteiger partial charge in [-0.1, -0.05) is 64.9 Å². The zero-order valence-electron chi connectivity index (χ0n) is 20.6. The Labute approximate surface area is 229 Å². The molecule has 1 aliphatic heterocycles. The molecule has 0 unspecified atom stereocenters. The van der Waals surface area contributed by atoms with Gasteiger partial charge in [0.15, 0.2) is 27.9 Å². The van der Waals surface area contributed by atoms with E-state index in [9.17, 15) is 4.79 Å². The van der Waals surface area contributed by atoms with Gasteiger partial charge in [0, 0.05) is 28.9 Å². The summed E-state index contributed by atoms with van der Waals surface area (Å²) in [4.78, 5) is 30.0. The molecule has 5 rings (SSSR count). The minimum absolute atomic E-state index is 0.0792. The van der Waals surface area contributed by atoms with Crippen molar-refractivity contribution in [3.8, 4) is 0 Å². The summed E-state index contributed by atoms with van der Waals surface area (Å²) in [7, 11) is 0. The molecule has 0 atom stereocenters. The van der Waals surface area contributed by atoms with Crippen LogP contribution in [-0.4, -0.2) is 57.4 Å². The van der Waals surface area contributed by atoms with Crippen molar-refractivity contribution < 1.29 is 9.53 Å². The molecular weight excluding hydrogens is 550 g/mol. The highest BCUT2D eigenvalue weighted by Gasteiger charge is 2.23. The maximum atomic E-state index is 12.9. The van der Waals surface area contributed by atoms with Gasteiger partial charge in [-0.2, -0.15) is 0 Å². The Morgan fingerprint density at radius 1 is 1.05 bits per heavy atom. The summed E-state index contributed by atoms with van der Waals surface area (Å²) in [5.41, 5.74) is 3.27. The molecule has 0 bridgehead atoms. The molecule has 0 radical (unpaired) electrons.